The van der Waals surface area contributed by atoms with Crippen molar-refractivity contribution in [2.24, 2.45) is 5.41 Å². The van der Waals surface area contributed by atoms with Crippen LogP contribution in [0.15, 0.2) is 0 Å². The summed E-state index contributed by atoms with van der Waals surface area (Å²) in [6, 6.07) is -0.0713. The van der Waals surface area contributed by atoms with Crippen molar-refractivity contribution in [2.75, 3.05) is 24.6 Å². The van der Waals surface area contributed by atoms with Crippen LogP contribution in [0.5, 0.6) is 0 Å². The number of nitrogens with zero attached hydrogens (tertiary/aromatic N) is 1. The maximum atomic E-state index is 11.4. The van der Waals surface area contributed by atoms with Gasteiger partial charge >= 0.3 is 5.97 Å². The van der Waals surface area contributed by atoms with Gasteiger partial charge in [0.2, 0.25) is 0 Å². The molecule has 1 fully saturated rings. The molecule has 1 unspecified atom stereocenters. The van der Waals surface area contributed by atoms with Crippen LogP contribution in [0.2, 0.25) is 0 Å². The van der Waals surface area contributed by atoms with Gasteiger partial charge in [0.05, 0.1) is 17.9 Å². The first-order chi connectivity index (χ1) is 8.09. The van der Waals surface area contributed by atoms with Gasteiger partial charge in [0.1, 0.15) is 0 Å². The minimum Gasteiger partial charge on any atom is -0.481 e. The molecule has 1 aliphatic rings. The number of rotatable bonds is 4. The summed E-state index contributed by atoms with van der Waals surface area (Å²) in [5.74, 6) is -0.529. The lowest BCUT2D eigenvalue weighted by Crippen LogP contribution is -2.47. The third-order valence-electron chi connectivity index (χ3n) is 3.15. The van der Waals surface area contributed by atoms with Crippen molar-refractivity contribution in [3.05, 3.63) is 0 Å². The lowest BCUT2D eigenvalue weighted by molar-refractivity contribution is -0.138. The number of carbonyl (C=O) groups is 1. The highest BCUT2D eigenvalue weighted by atomic mass is 32.2. The highest BCUT2D eigenvalue weighted by Gasteiger charge is 2.30. The van der Waals surface area contributed by atoms with Crippen LogP contribution in [-0.4, -0.2) is 55.0 Å². The van der Waals surface area contributed by atoms with Gasteiger partial charge in [0.15, 0.2) is 9.84 Å². The second-order valence-corrected chi connectivity index (χ2v) is 8.51. The first-order valence-electron chi connectivity index (χ1n) is 6.25. The van der Waals surface area contributed by atoms with E-state index in [9.17, 15) is 13.2 Å². The Morgan fingerprint density at radius 2 is 1.78 bits per heavy atom. The molecule has 1 rings (SSSR count). The van der Waals surface area contributed by atoms with Gasteiger partial charge < -0.3 is 5.11 Å². The first kappa shape index (κ1) is 15.4. The Morgan fingerprint density at radius 3 is 2.17 bits per heavy atom. The van der Waals surface area contributed by atoms with Gasteiger partial charge in [-0.1, -0.05) is 20.8 Å². The molecular weight excluding hydrogens is 254 g/mol. The number of carboxylic acids is 1. The fourth-order valence-corrected chi connectivity index (χ4v) is 3.56. The van der Waals surface area contributed by atoms with E-state index in [0.717, 1.165) is 6.42 Å². The second-order valence-electron chi connectivity index (χ2n) is 6.20. The molecule has 1 saturated heterocycles. The summed E-state index contributed by atoms with van der Waals surface area (Å²) < 4.78 is 22.8. The molecular formula is C12H23NO4S. The normalized spacial score (nSPS) is 22.6. The standard InChI is InChI=1S/C12H23NO4S/c1-12(2,3)9-10(8-11(14)15)13-4-6-18(16,17)7-5-13/h10H,4-9H2,1-3H3,(H,14,15). The van der Waals surface area contributed by atoms with Gasteiger partial charge in [-0.25, -0.2) is 8.42 Å². The summed E-state index contributed by atoms with van der Waals surface area (Å²) in [5, 5.41) is 8.97. The van der Waals surface area contributed by atoms with E-state index >= 15 is 0 Å². The highest BCUT2D eigenvalue weighted by molar-refractivity contribution is 7.91. The summed E-state index contributed by atoms with van der Waals surface area (Å²) >= 11 is 0. The third kappa shape index (κ3) is 5.35. The molecule has 1 atom stereocenters. The fraction of sp³-hybridized carbons (Fsp3) is 0.917. The average Bonchev–Trinajstić information content (AvgIpc) is 2.13. The molecule has 106 valence electrons. The summed E-state index contributed by atoms with van der Waals surface area (Å²) in [6.07, 6.45) is 0.844. The minimum absolute atomic E-state index is 0.0381. The van der Waals surface area contributed by atoms with E-state index in [1.54, 1.807) is 0 Å². The molecule has 18 heavy (non-hydrogen) atoms. The quantitative estimate of drug-likeness (QED) is 0.829. The van der Waals surface area contributed by atoms with Gasteiger partial charge in [0, 0.05) is 19.1 Å². The summed E-state index contributed by atoms with van der Waals surface area (Å²) in [6.45, 7) is 7.13. The Kier molecular flexibility index (Phi) is 4.78. The van der Waals surface area contributed by atoms with Crippen LogP contribution in [0.3, 0.4) is 0 Å². The van der Waals surface area contributed by atoms with Crippen molar-refractivity contribution in [3.8, 4) is 0 Å². The Labute approximate surface area is 109 Å². The van der Waals surface area contributed by atoms with Gasteiger partial charge in [-0.3, -0.25) is 9.69 Å². The largest absolute Gasteiger partial charge is 0.481 e. The SMILES string of the molecule is CC(C)(C)CC(CC(=O)O)N1CCS(=O)(=O)CC1. The molecule has 0 saturated carbocycles. The van der Waals surface area contributed by atoms with Crippen molar-refractivity contribution in [1.82, 2.24) is 4.90 Å². The van der Waals surface area contributed by atoms with Gasteiger partial charge in [0.25, 0.3) is 0 Å². The molecule has 0 aliphatic carbocycles. The second kappa shape index (κ2) is 5.57. The molecule has 0 radical (unpaired) electrons. The summed E-state index contributed by atoms with van der Waals surface area (Å²) in [4.78, 5) is 12.9. The van der Waals surface area contributed by atoms with Crippen LogP contribution >= 0.6 is 0 Å². The van der Waals surface area contributed by atoms with Crippen LogP contribution < -0.4 is 0 Å². The van der Waals surface area contributed by atoms with Gasteiger partial charge in [-0.2, -0.15) is 0 Å². The Bertz CT molecular complexity index is 383. The van der Waals surface area contributed by atoms with Crippen LogP contribution in [0.25, 0.3) is 0 Å². The lowest BCUT2D eigenvalue weighted by atomic mass is 9.86. The van der Waals surface area contributed by atoms with E-state index < -0.39 is 15.8 Å². The molecule has 5 nitrogen and oxygen atoms in total. The summed E-state index contributed by atoms with van der Waals surface area (Å²) in [7, 11) is -2.91. The summed E-state index contributed by atoms with van der Waals surface area (Å²) in [5.41, 5.74) is 0.0381. The van der Waals surface area contributed by atoms with Crippen molar-refractivity contribution >= 4 is 15.8 Å². The zero-order valence-electron chi connectivity index (χ0n) is 11.3. The predicted octanol–water partition coefficient (Wildman–Crippen LogP) is 0.996. The minimum atomic E-state index is -2.91. The Hall–Kier alpha value is -0.620. The molecule has 1 heterocycles. The molecule has 6 heteroatoms. The van der Waals surface area contributed by atoms with E-state index in [0.29, 0.717) is 13.1 Å². The van der Waals surface area contributed by atoms with Crippen LogP contribution in [0.1, 0.15) is 33.6 Å². The Morgan fingerprint density at radius 1 is 1.28 bits per heavy atom. The maximum Gasteiger partial charge on any atom is 0.304 e. The van der Waals surface area contributed by atoms with E-state index in [4.69, 9.17) is 5.11 Å². The first-order valence-corrected chi connectivity index (χ1v) is 8.07. The molecule has 0 bridgehead atoms. The van der Waals surface area contributed by atoms with E-state index in [1.807, 2.05) is 4.90 Å². The van der Waals surface area contributed by atoms with E-state index in [1.165, 1.54) is 0 Å². The zero-order valence-corrected chi connectivity index (χ0v) is 12.2. The Balaban J connectivity index is 2.69. The van der Waals surface area contributed by atoms with Gasteiger partial charge in [-0.15, -0.1) is 0 Å². The van der Waals surface area contributed by atoms with Crippen LogP contribution in [-0.2, 0) is 14.6 Å². The number of carboxylic acid groups (broad SMARTS) is 1. The lowest BCUT2D eigenvalue weighted by Gasteiger charge is -2.37. The number of sulfone groups is 1. The van der Waals surface area contributed by atoms with Crippen molar-refractivity contribution in [3.63, 3.8) is 0 Å². The number of aliphatic carboxylic acids is 1. The molecule has 0 aromatic carbocycles. The molecule has 1 aliphatic heterocycles. The maximum absolute atomic E-state index is 11.4. The smallest absolute Gasteiger partial charge is 0.304 e. The van der Waals surface area contributed by atoms with Crippen LogP contribution in [0.4, 0.5) is 0 Å². The molecule has 1 N–H and O–H groups in total. The topological polar surface area (TPSA) is 74.7 Å². The van der Waals surface area contributed by atoms with Gasteiger partial charge in [-0.05, 0) is 11.8 Å². The monoisotopic (exact) mass is 277 g/mol. The molecule has 0 spiro atoms. The number of hydrogen-bond donors (Lipinski definition) is 1. The van der Waals surface area contributed by atoms with Crippen LogP contribution in [0, 0.1) is 5.41 Å². The van der Waals surface area contributed by atoms with Crippen molar-refractivity contribution in [2.45, 2.75) is 39.7 Å². The van der Waals surface area contributed by atoms with Crippen molar-refractivity contribution < 1.29 is 18.3 Å². The predicted molar refractivity (Wildman–Crippen MR) is 70.3 cm³/mol. The zero-order chi connectivity index (χ0) is 14.0. The number of hydrogen-bond acceptors (Lipinski definition) is 4. The van der Waals surface area contributed by atoms with E-state index in [-0.39, 0.29) is 29.4 Å². The molecule has 0 amide bonds. The van der Waals surface area contributed by atoms with Crippen molar-refractivity contribution in [1.29, 1.82) is 0 Å². The molecule has 0 aromatic rings. The van der Waals surface area contributed by atoms with E-state index in [2.05, 4.69) is 20.8 Å². The average molecular weight is 277 g/mol. The fourth-order valence-electron chi connectivity index (χ4n) is 2.33. The highest BCUT2D eigenvalue weighted by Crippen LogP contribution is 2.26. The third-order valence-corrected chi connectivity index (χ3v) is 4.76. The molecule has 0 aromatic heterocycles.